The van der Waals surface area contributed by atoms with Crippen molar-refractivity contribution in [2.75, 3.05) is 13.2 Å². The van der Waals surface area contributed by atoms with Gasteiger partial charge >= 0.3 is 5.97 Å². The number of halogens is 2. The predicted octanol–water partition coefficient (Wildman–Crippen LogP) is 5.49. The zero-order valence-corrected chi connectivity index (χ0v) is 19.5. The number of hydrogen-bond acceptors (Lipinski definition) is 5. The summed E-state index contributed by atoms with van der Waals surface area (Å²) in [6, 6.07) is 10.1. The molecule has 0 aliphatic heterocycles. The van der Waals surface area contributed by atoms with Crippen LogP contribution in [0.5, 0.6) is 5.75 Å². The van der Waals surface area contributed by atoms with Gasteiger partial charge in [0, 0.05) is 10.6 Å². The molecule has 0 saturated heterocycles. The van der Waals surface area contributed by atoms with Crippen LogP contribution in [-0.4, -0.2) is 29.7 Å². The van der Waals surface area contributed by atoms with E-state index in [1.54, 1.807) is 47.9 Å². The molecule has 0 atom stereocenters. The molecule has 3 rings (SSSR count). The molecule has 1 amide bonds. The van der Waals surface area contributed by atoms with Gasteiger partial charge in [-0.25, -0.2) is 0 Å². The number of hydrogen-bond donors (Lipinski definition) is 0. The minimum atomic E-state index is -0.448. The maximum Gasteiger partial charge on any atom is 0.326 e. The molecule has 1 aromatic heterocycles. The average Bonchev–Trinajstić information content (AvgIpc) is 3.05. The second-order valence-electron chi connectivity index (χ2n) is 6.65. The summed E-state index contributed by atoms with van der Waals surface area (Å²) in [5.41, 5.74) is 0.988. The zero-order chi connectivity index (χ0) is 22.4. The highest BCUT2D eigenvalue weighted by molar-refractivity contribution is 7.16. The van der Waals surface area contributed by atoms with E-state index in [4.69, 9.17) is 32.7 Å². The molecule has 0 aliphatic carbocycles. The van der Waals surface area contributed by atoms with E-state index in [0.717, 1.165) is 12.8 Å². The number of fused-ring (bicyclic) bond motifs is 1. The number of unbranched alkanes of at least 4 members (excludes halogenated alkanes) is 1. The predicted molar refractivity (Wildman–Crippen MR) is 123 cm³/mol. The fourth-order valence-electron chi connectivity index (χ4n) is 2.88. The number of nitrogens with zero attached hydrogens (tertiary/aromatic N) is 2. The second kappa shape index (κ2) is 10.8. The summed E-state index contributed by atoms with van der Waals surface area (Å²) in [6.45, 7) is 4.58. The van der Waals surface area contributed by atoms with Crippen LogP contribution >= 0.6 is 34.5 Å². The van der Waals surface area contributed by atoms with Gasteiger partial charge in [0.25, 0.3) is 5.91 Å². The molecule has 9 heteroatoms. The van der Waals surface area contributed by atoms with Gasteiger partial charge in [0.1, 0.15) is 12.3 Å². The Bertz CT molecular complexity index is 1150. The quantitative estimate of drug-likeness (QED) is 0.315. The van der Waals surface area contributed by atoms with E-state index in [2.05, 4.69) is 11.9 Å². The van der Waals surface area contributed by atoms with Crippen molar-refractivity contribution in [3.05, 3.63) is 56.8 Å². The highest BCUT2D eigenvalue weighted by atomic mass is 35.5. The van der Waals surface area contributed by atoms with E-state index in [-0.39, 0.29) is 13.2 Å². The molecule has 2 aromatic carbocycles. The van der Waals surface area contributed by atoms with Crippen LogP contribution in [-0.2, 0) is 16.1 Å². The van der Waals surface area contributed by atoms with E-state index in [9.17, 15) is 9.59 Å². The van der Waals surface area contributed by atoms with Gasteiger partial charge in [-0.2, -0.15) is 4.99 Å². The van der Waals surface area contributed by atoms with Crippen molar-refractivity contribution in [1.29, 1.82) is 0 Å². The third kappa shape index (κ3) is 5.87. The Morgan fingerprint density at radius 3 is 2.55 bits per heavy atom. The number of esters is 1. The molecule has 1 heterocycles. The van der Waals surface area contributed by atoms with E-state index in [1.165, 1.54) is 11.3 Å². The molecular formula is C22H22Cl2N2O4S. The van der Waals surface area contributed by atoms with E-state index < -0.39 is 11.9 Å². The number of carbonyl (C=O) groups is 2. The van der Waals surface area contributed by atoms with Crippen molar-refractivity contribution >= 4 is 56.6 Å². The van der Waals surface area contributed by atoms with E-state index in [0.29, 0.717) is 43.0 Å². The first-order valence-electron chi connectivity index (χ1n) is 9.88. The molecule has 0 unspecified atom stereocenters. The highest BCUT2D eigenvalue weighted by Crippen LogP contribution is 2.29. The maximum atomic E-state index is 12.8. The Kier molecular flexibility index (Phi) is 8.12. The number of carbonyl (C=O) groups excluding carboxylic acids is 2. The third-order valence-corrected chi connectivity index (χ3v) is 5.88. The second-order valence-corrected chi connectivity index (χ2v) is 8.51. The topological polar surface area (TPSA) is 69.9 Å². The van der Waals surface area contributed by atoms with E-state index in [1.807, 2.05) is 0 Å². The summed E-state index contributed by atoms with van der Waals surface area (Å²) in [5.74, 6) is -0.187. The van der Waals surface area contributed by atoms with Crippen molar-refractivity contribution in [1.82, 2.24) is 4.57 Å². The zero-order valence-electron chi connectivity index (χ0n) is 17.2. The van der Waals surface area contributed by atoms with Gasteiger partial charge in [0.2, 0.25) is 0 Å². The van der Waals surface area contributed by atoms with Gasteiger partial charge in [-0.3, -0.25) is 9.59 Å². The number of thiazole rings is 1. The Morgan fingerprint density at radius 2 is 1.87 bits per heavy atom. The first-order valence-corrected chi connectivity index (χ1v) is 11.5. The fourth-order valence-corrected chi connectivity index (χ4v) is 4.69. The van der Waals surface area contributed by atoms with Gasteiger partial charge < -0.3 is 14.0 Å². The van der Waals surface area contributed by atoms with Crippen molar-refractivity contribution < 1.29 is 19.1 Å². The van der Waals surface area contributed by atoms with Crippen molar-refractivity contribution in [2.24, 2.45) is 4.99 Å². The van der Waals surface area contributed by atoms with Crippen LogP contribution < -0.4 is 9.54 Å². The van der Waals surface area contributed by atoms with Crippen molar-refractivity contribution in [3.63, 3.8) is 0 Å². The number of rotatable bonds is 8. The lowest BCUT2D eigenvalue weighted by Crippen LogP contribution is -2.23. The lowest BCUT2D eigenvalue weighted by molar-refractivity contribution is -0.143. The Morgan fingerprint density at radius 1 is 1.13 bits per heavy atom. The number of aromatic nitrogens is 1. The van der Waals surface area contributed by atoms with Gasteiger partial charge in [0.15, 0.2) is 4.80 Å². The summed E-state index contributed by atoms with van der Waals surface area (Å²) >= 11 is 13.7. The third-order valence-electron chi connectivity index (χ3n) is 4.35. The summed E-state index contributed by atoms with van der Waals surface area (Å²) in [7, 11) is 0. The maximum absolute atomic E-state index is 12.8. The van der Waals surface area contributed by atoms with Crippen LogP contribution in [0, 0.1) is 0 Å². The first-order chi connectivity index (χ1) is 14.9. The lowest BCUT2D eigenvalue weighted by Gasteiger charge is -2.07. The van der Waals surface area contributed by atoms with Crippen LogP contribution in [0.2, 0.25) is 10.0 Å². The summed E-state index contributed by atoms with van der Waals surface area (Å²) in [4.78, 5) is 29.5. The Hall–Kier alpha value is -2.35. The molecule has 0 radical (unpaired) electrons. The molecule has 0 fully saturated rings. The van der Waals surface area contributed by atoms with E-state index >= 15 is 0 Å². The Balaban J connectivity index is 1.97. The monoisotopic (exact) mass is 480 g/mol. The van der Waals surface area contributed by atoms with Crippen LogP contribution in [0.4, 0.5) is 0 Å². The Labute approximate surface area is 194 Å². The molecular weight excluding hydrogens is 459 g/mol. The van der Waals surface area contributed by atoms with Crippen LogP contribution in [0.25, 0.3) is 10.2 Å². The molecule has 6 nitrogen and oxygen atoms in total. The molecule has 0 aliphatic rings. The fraction of sp³-hybridized carbons (Fsp3) is 0.318. The number of benzene rings is 2. The molecule has 0 spiro atoms. The smallest absolute Gasteiger partial charge is 0.326 e. The van der Waals surface area contributed by atoms with Gasteiger partial charge in [-0.1, -0.05) is 47.9 Å². The molecule has 0 N–H and O–H groups in total. The standard InChI is InChI=1S/C22H22Cl2N2O4S/c1-3-5-10-30-16-8-6-14(7-9-16)21(28)25-22-26(13-19(27)29-4-2)20-17(24)11-15(23)12-18(20)31-22/h6-9,11-12H,3-5,10,13H2,1-2H3. The van der Waals surface area contributed by atoms with Crippen LogP contribution in [0.1, 0.15) is 37.0 Å². The van der Waals surface area contributed by atoms with Crippen LogP contribution in [0.3, 0.4) is 0 Å². The average molecular weight is 481 g/mol. The summed E-state index contributed by atoms with van der Waals surface area (Å²) < 4.78 is 13.0. The van der Waals surface area contributed by atoms with Crippen molar-refractivity contribution in [3.8, 4) is 5.75 Å². The molecule has 0 saturated carbocycles. The van der Waals surface area contributed by atoms with Crippen molar-refractivity contribution in [2.45, 2.75) is 33.2 Å². The summed E-state index contributed by atoms with van der Waals surface area (Å²) in [5, 5.41) is 0.823. The molecule has 31 heavy (non-hydrogen) atoms. The highest BCUT2D eigenvalue weighted by Gasteiger charge is 2.16. The minimum absolute atomic E-state index is 0.120. The molecule has 164 valence electrons. The SMILES string of the molecule is CCCCOc1ccc(C(=O)N=c2sc3cc(Cl)cc(Cl)c3n2CC(=O)OCC)cc1. The van der Waals surface area contributed by atoms with Crippen LogP contribution in [0.15, 0.2) is 41.4 Å². The lowest BCUT2D eigenvalue weighted by atomic mass is 10.2. The number of ether oxygens (including phenoxy) is 2. The molecule has 0 bridgehead atoms. The molecule has 3 aromatic rings. The summed E-state index contributed by atoms with van der Waals surface area (Å²) in [6.07, 6.45) is 2.01. The van der Waals surface area contributed by atoms with Gasteiger partial charge in [-0.15, -0.1) is 0 Å². The minimum Gasteiger partial charge on any atom is -0.494 e. The van der Waals surface area contributed by atoms with Gasteiger partial charge in [0.05, 0.1) is 28.5 Å². The first kappa shape index (κ1) is 23.3. The number of amides is 1. The normalized spacial score (nSPS) is 11.7. The van der Waals surface area contributed by atoms with Gasteiger partial charge in [-0.05, 0) is 49.7 Å². The largest absolute Gasteiger partial charge is 0.494 e.